The number of ether oxygens (including phenoxy) is 1. The minimum Gasteiger partial charge on any atom is -0.497 e. The van der Waals surface area contributed by atoms with E-state index < -0.39 is 0 Å². The van der Waals surface area contributed by atoms with Crippen LogP contribution in [0.4, 0.5) is 0 Å². The third kappa shape index (κ3) is 2.70. The van der Waals surface area contributed by atoms with Crippen molar-refractivity contribution in [2.24, 2.45) is 0 Å². The van der Waals surface area contributed by atoms with Gasteiger partial charge in [-0.05, 0) is 35.4 Å². The van der Waals surface area contributed by atoms with Crippen molar-refractivity contribution in [2.75, 3.05) is 7.11 Å². The number of hydrogen-bond acceptors (Lipinski definition) is 2. The van der Waals surface area contributed by atoms with Gasteiger partial charge in [0, 0.05) is 12.4 Å². The molecule has 0 bridgehead atoms. The first kappa shape index (κ1) is 10.4. The number of benzene rings is 1. The summed E-state index contributed by atoms with van der Waals surface area (Å²) in [5.41, 5.74) is 2.29. The molecule has 1 aromatic heterocycles. The number of nitrogens with zero attached hydrogens (tertiary/aromatic N) is 1. The molecule has 0 spiro atoms. The van der Waals surface area contributed by atoms with E-state index in [0.717, 1.165) is 16.9 Å². The highest BCUT2D eigenvalue weighted by Crippen LogP contribution is 2.13. The van der Waals surface area contributed by atoms with Gasteiger partial charge in [0.15, 0.2) is 0 Å². The maximum Gasteiger partial charge on any atom is 0.118 e. The largest absolute Gasteiger partial charge is 0.497 e. The van der Waals surface area contributed by atoms with Crippen molar-refractivity contribution in [2.45, 2.75) is 0 Å². The molecular weight excluding hydrogens is 198 g/mol. The van der Waals surface area contributed by atoms with E-state index in [-0.39, 0.29) is 0 Å². The zero-order chi connectivity index (χ0) is 11.2. The number of hydrogen-bond donors (Lipinski definition) is 0. The van der Waals surface area contributed by atoms with Crippen LogP contribution in [0.15, 0.2) is 48.8 Å². The van der Waals surface area contributed by atoms with Crippen molar-refractivity contribution in [1.82, 2.24) is 4.98 Å². The Morgan fingerprint density at radius 2 is 1.44 bits per heavy atom. The third-order valence-electron chi connectivity index (χ3n) is 2.29. The molecule has 0 fully saturated rings. The standard InChI is InChI=1S/C14H13NO/c1-16-14-6-4-12(5-7-14)2-3-13-8-10-15-11-9-13/h2-11H,1H3. The van der Waals surface area contributed by atoms with Crippen molar-refractivity contribution >= 4 is 12.2 Å². The van der Waals surface area contributed by atoms with E-state index in [1.807, 2.05) is 36.4 Å². The molecule has 0 saturated carbocycles. The second kappa shape index (κ2) is 5.12. The third-order valence-corrected chi connectivity index (χ3v) is 2.29. The summed E-state index contributed by atoms with van der Waals surface area (Å²) < 4.78 is 5.10. The van der Waals surface area contributed by atoms with Gasteiger partial charge in [0.25, 0.3) is 0 Å². The van der Waals surface area contributed by atoms with Crippen LogP contribution in [-0.4, -0.2) is 12.1 Å². The Hall–Kier alpha value is -2.09. The maximum absolute atomic E-state index is 5.10. The van der Waals surface area contributed by atoms with Crippen LogP contribution in [0.25, 0.3) is 12.2 Å². The van der Waals surface area contributed by atoms with E-state index in [4.69, 9.17) is 4.74 Å². The van der Waals surface area contributed by atoms with E-state index in [9.17, 15) is 0 Å². The molecule has 2 heteroatoms. The van der Waals surface area contributed by atoms with E-state index in [2.05, 4.69) is 17.1 Å². The SMILES string of the molecule is COc1ccc(C=Cc2ccncc2)cc1. The molecule has 0 atom stereocenters. The lowest BCUT2D eigenvalue weighted by Crippen LogP contribution is -1.81. The highest BCUT2D eigenvalue weighted by molar-refractivity contribution is 5.69. The van der Waals surface area contributed by atoms with Gasteiger partial charge in [0.05, 0.1) is 7.11 Å². The highest BCUT2D eigenvalue weighted by Gasteiger charge is 1.90. The second-order valence-electron chi connectivity index (χ2n) is 3.39. The molecule has 1 aromatic carbocycles. The predicted octanol–water partition coefficient (Wildman–Crippen LogP) is 3.26. The summed E-state index contributed by atoms with van der Waals surface area (Å²) in [4.78, 5) is 3.97. The molecule has 0 aliphatic carbocycles. The lowest BCUT2D eigenvalue weighted by atomic mass is 10.1. The summed E-state index contributed by atoms with van der Waals surface area (Å²) in [7, 11) is 1.67. The quantitative estimate of drug-likeness (QED) is 0.777. The van der Waals surface area contributed by atoms with Crippen LogP contribution in [0, 0.1) is 0 Å². The topological polar surface area (TPSA) is 22.1 Å². The molecule has 2 rings (SSSR count). The molecule has 0 aliphatic rings. The summed E-state index contributed by atoms with van der Waals surface area (Å²) in [5.74, 6) is 0.876. The van der Waals surface area contributed by atoms with Gasteiger partial charge < -0.3 is 4.74 Å². The van der Waals surface area contributed by atoms with E-state index >= 15 is 0 Å². The molecule has 0 saturated heterocycles. The van der Waals surface area contributed by atoms with Gasteiger partial charge in [0.2, 0.25) is 0 Å². The molecule has 0 amide bonds. The van der Waals surface area contributed by atoms with Crippen molar-refractivity contribution in [3.63, 3.8) is 0 Å². The van der Waals surface area contributed by atoms with Gasteiger partial charge >= 0.3 is 0 Å². The van der Waals surface area contributed by atoms with Crippen molar-refractivity contribution in [3.8, 4) is 5.75 Å². The molecule has 1 heterocycles. The van der Waals surface area contributed by atoms with E-state index in [1.165, 1.54) is 0 Å². The Balaban J connectivity index is 2.12. The zero-order valence-corrected chi connectivity index (χ0v) is 9.13. The summed E-state index contributed by atoms with van der Waals surface area (Å²) in [5, 5.41) is 0. The number of methoxy groups -OCH3 is 1. The maximum atomic E-state index is 5.10. The highest BCUT2D eigenvalue weighted by atomic mass is 16.5. The zero-order valence-electron chi connectivity index (χ0n) is 9.13. The van der Waals surface area contributed by atoms with Crippen molar-refractivity contribution in [3.05, 3.63) is 59.9 Å². The monoisotopic (exact) mass is 211 g/mol. The van der Waals surface area contributed by atoms with Crippen LogP contribution in [0.1, 0.15) is 11.1 Å². The molecule has 16 heavy (non-hydrogen) atoms. The first-order valence-corrected chi connectivity index (χ1v) is 5.10. The first-order valence-electron chi connectivity index (χ1n) is 5.10. The second-order valence-corrected chi connectivity index (χ2v) is 3.39. The Labute approximate surface area is 95.2 Å². The molecule has 0 aliphatic heterocycles. The van der Waals surface area contributed by atoms with E-state index in [0.29, 0.717) is 0 Å². The van der Waals surface area contributed by atoms with Gasteiger partial charge in [-0.1, -0.05) is 24.3 Å². The van der Waals surface area contributed by atoms with Crippen molar-refractivity contribution < 1.29 is 4.74 Å². The fraction of sp³-hybridized carbons (Fsp3) is 0.0714. The number of aromatic nitrogens is 1. The van der Waals surface area contributed by atoms with Crippen LogP contribution in [0.5, 0.6) is 5.75 Å². The average molecular weight is 211 g/mol. The van der Waals surface area contributed by atoms with Gasteiger partial charge in [-0.25, -0.2) is 0 Å². The molecular formula is C14H13NO. The lowest BCUT2D eigenvalue weighted by Gasteiger charge is -1.99. The Kier molecular flexibility index (Phi) is 3.34. The van der Waals surface area contributed by atoms with Crippen LogP contribution >= 0.6 is 0 Å². The predicted molar refractivity (Wildman–Crippen MR) is 66.2 cm³/mol. The van der Waals surface area contributed by atoms with Crippen LogP contribution < -0.4 is 4.74 Å². The molecule has 80 valence electrons. The fourth-order valence-electron chi connectivity index (χ4n) is 1.38. The van der Waals surface area contributed by atoms with E-state index in [1.54, 1.807) is 19.5 Å². The van der Waals surface area contributed by atoms with Crippen LogP contribution in [0.3, 0.4) is 0 Å². The fourth-order valence-corrected chi connectivity index (χ4v) is 1.38. The Morgan fingerprint density at radius 1 is 0.875 bits per heavy atom. The van der Waals surface area contributed by atoms with Gasteiger partial charge in [0.1, 0.15) is 5.75 Å². The summed E-state index contributed by atoms with van der Waals surface area (Å²) in [6, 6.07) is 11.9. The minimum absolute atomic E-state index is 0.876. The summed E-state index contributed by atoms with van der Waals surface area (Å²) in [6.45, 7) is 0. The smallest absolute Gasteiger partial charge is 0.118 e. The van der Waals surface area contributed by atoms with Gasteiger partial charge in [-0.15, -0.1) is 0 Å². The summed E-state index contributed by atoms with van der Waals surface area (Å²) >= 11 is 0. The molecule has 0 unspecified atom stereocenters. The van der Waals surface area contributed by atoms with Gasteiger partial charge in [-0.2, -0.15) is 0 Å². The van der Waals surface area contributed by atoms with Crippen molar-refractivity contribution in [1.29, 1.82) is 0 Å². The molecule has 2 nitrogen and oxygen atoms in total. The Morgan fingerprint density at radius 3 is 2.00 bits per heavy atom. The normalized spacial score (nSPS) is 10.6. The first-order chi connectivity index (χ1) is 7.88. The van der Waals surface area contributed by atoms with Crippen LogP contribution in [0.2, 0.25) is 0 Å². The minimum atomic E-state index is 0.876. The molecule has 2 aromatic rings. The summed E-state index contributed by atoms with van der Waals surface area (Å²) in [6.07, 6.45) is 7.69. The average Bonchev–Trinajstić information content (AvgIpc) is 2.38. The molecule has 0 radical (unpaired) electrons. The van der Waals surface area contributed by atoms with Gasteiger partial charge in [-0.3, -0.25) is 4.98 Å². The Bertz CT molecular complexity index is 460. The lowest BCUT2D eigenvalue weighted by molar-refractivity contribution is 0.415. The number of rotatable bonds is 3. The molecule has 0 N–H and O–H groups in total. The van der Waals surface area contributed by atoms with Crippen LogP contribution in [-0.2, 0) is 0 Å². The number of pyridine rings is 1.